The molecule has 0 bridgehead atoms. The Kier molecular flexibility index (Phi) is 6.92. The molecule has 0 spiro atoms. The number of anilines is 1. The molecule has 172 valence electrons. The lowest BCUT2D eigenvalue weighted by Crippen LogP contribution is -2.28. The summed E-state index contributed by atoms with van der Waals surface area (Å²) in [7, 11) is 5.58. The first-order valence-corrected chi connectivity index (χ1v) is 11.5. The first-order chi connectivity index (χ1) is 15.9. The van der Waals surface area contributed by atoms with E-state index in [-0.39, 0.29) is 11.8 Å². The normalized spacial score (nSPS) is 15.5. The molecule has 1 aliphatic rings. The summed E-state index contributed by atoms with van der Waals surface area (Å²) >= 11 is 0. The Morgan fingerprint density at radius 3 is 2.61 bits per heavy atom. The number of amides is 1. The minimum atomic E-state index is 0.184. The van der Waals surface area contributed by atoms with Gasteiger partial charge in [0.2, 0.25) is 11.9 Å². The first-order valence-electron chi connectivity index (χ1n) is 11.5. The van der Waals surface area contributed by atoms with E-state index in [0.717, 1.165) is 41.2 Å². The second kappa shape index (κ2) is 10.0. The molecule has 1 aliphatic heterocycles. The maximum absolute atomic E-state index is 12.9. The van der Waals surface area contributed by atoms with Crippen molar-refractivity contribution in [2.24, 2.45) is 0 Å². The van der Waals surface area contributed by atoms with Crippen LogP contribution in [0.5, 0.6) is 5.75 Å². The number of hydrogen-bond acceptors (Lipinski definition) is 5. The lowest BCUT2D eigenvalue weighted by atomic mass is 10.0. The third-order valence-electron chi connectivity index (χ3n) is 6.24. The number of carbonyl (C=O) groups excluding carboxylic acids is 1. The zero-order valence-corrected chi connectivity index (χ0v) is 19.9. The van der Waals surface area contributed by atoms with Crippen LogP contribution in [0, 0.1) is 6.92 Å². The zero-order valence-electron chi connectivity index (χ0n) is 19.9. The molecule has 33 heavy (non-hydrogen) atoms. The summed E-state index contributed by atoms with van der Waals surface area (Å²) < 4.78 is 5.42. The van der Waals surface area contributed by atoms with Crippen LogP contribution in [0.15, 0.2) is 54.6 Å². The van der Waals surface area contributed by atoms with Crippen molar-refractivity contribution in [3.05, 3.63) is 71.4 Å². The molecule has 1 amide bonds. The molecule has 6 heteroatoms. The molecule has 3 aromatic rings. The van der Waals surface area contributed by atoms with Crippen LogP contribution in [0.4, 0.5) is 5.95 Å². The fourth-order valence-corrected chi connectivity index (χ4v) is 4.27. The minimum Gasteiger partial charge on any atom is -0.496 e. The topological polar surface area (TPSA) is 58.6 Å². The van der Waals surface area contributed by atoms with Crippen molar-refractivity contribution in [2.75, 3.05) is 39.2 Å². The highest BCUT2D eigenvalue weighted by Gasteiger charge is 2.29. The highest BCUT2D eigenvalue weighted by atomic mass is 16.5. The maximum Gasteiger partial charge on any atom is 0.225 e. The van der Waals surface area contributed by atoms with Gasteiger partial charge in [-0.05, 0) is 37.5 Å². The molecule has 0 radical (unpaired) electrons. The standard InChI is InChI=1S/C27H32N4O2/c1-19-9-11-20(12-10-19)23-17-24(29-27(28-23)30(2)3)22-15-16-31(18-22)26(32)14-13-21-7-5-6-8-25(21)33-4/h5-12,17,22H,13-16,18H2,1-4H3. The highest BCUT2D eigenvalue weighted by Crippen LogP contribution is 2.30. The Hall–Kier alpha value is -3.41. The van der Waals surface area contributed by atoms with Crippen LogP contribution < -0.4 is 9.64 Å². The van der Waals surface area contributed by atoms with Gasteiger partial charge in [-0.1, -0.05) is 48.0 Å². The van der Waals surface area contributed by atoms with E-state index in [4.69, 9.17) is 14.7 Å². The van der Waals surface area contributed by atoms with Crippen molar-refractivity contribution < 1.29 is 9.53 Å². The molecule has 1 fully saturated rings. The van der Waals surface area contributed by atoms with Crippen LogP contribution in [0.1, 0.15) is 35.6 Å². The van der Waals surface area contributed by atoms with Gasteiger partial charge < -0.3 is 14.5 Å². The third kappa shape index (κ3) is 5.33. The van der Waals surface area contributed by atoms with Gasteiger partial charge in [0.05, 0.1) is 18.5 Å². The second-order valence-electron chi connectivity index (χ2n) is 8.88. The number of likely N-dealkylation sites (tertiary alicyclic amines) is 1. The summed E-state index contributed by atoms with van der Waals surface area (Å²) in [5, 5.41) is 0. The van der Waals surface area contributed by atoms with Gasteiger partial charge in [0.15, 0.2) is 0 Å². The predicted octanol–water partition coefficient (Wildman–Crippen LogP) is 4.48. The average Bonchev–Trinajstić information content (AvgIpc) is 3.33. The number of hydrogen-bond donors (Lipinski definition) is 0. The molecule has 4 rings (SSSR count). The van der Waals surface area contributed by atoms with Crippen LogP contribution in [0.3, 0.4) is 0 Å². The van der Waals surface area contributed by atoms with Crippen LogP contribution in [-0.2, 0) is 11.2 Å². The Balaban J connectivity index is 1.47. The van der Waals surface area contributed by atoms with Gasteiger partial charge in [-0.2, -0.15) is 0 Å². The smallest absolute Gasteiger partial charge is 0.225 e. The fraction of sp³-hybridized carbons (Fsp3) is 0.370. The summed E-state index contributed by atoms with van der Waals surface area (Å²) in [5.41, 5.74) is 5.29. The van der Waals surface area contributed by atoms with Crippen molar-refractivity contribution in [3.8, 4) is 17.0 Å². The number of nitrogens with zero attached hydrogens (tertiary/aromatic N) is 4. The number of methoxy groups -OCH3 is 1. The van der Waals surface area contributed by atoms with E-state index in [1.807, 2.05) is 48.2 Å². The molecular formula is C27H32N4O2. The van der Waals surface area contributed by atoms with Gasteiger partial charge in [0, 0.05) is 45.1 Å². The Labute approximate surface area is 196 Å². The van der Waals surface area contributed by atoms with Gasteiger partial charge >= 0.3 is 0 Å². The van der Waals surface area contributed by atoms with E-state index in [2.05, 4.69) is 37.3 Å². The van der Waals surface area contributed by atoms with Crippen LogP contribution in [0.2, 0.25) is 0 Å². The van der Waals surface area contributed by atoms with E-state index in [9.17, 15) is 4.79 Å². The van der Waals surface area contributed by atoms with Crippen molar-refractivity contribution in [2.45, 2.75) is 32.1 Å². The Morgan fingerprint density at radius 2 is 1.88 bits per heavy atom. The number of aryl methyl sites for hydroxylation is 2. The van der Waals surface area contributed by atoms with E-state index in [1.54, 1.807) is 7.11 Å². The minimum absolute atomic E-state index is 0.184. The van der Waals surface area contributed by atoms with Crippen molar-refractivity contribution >= 4 is 11.9 Å². The van der Waals surface area contributed by atoms with Crippen molar-refractivity contribution in [1.82, 2.24) is 14.9 Å². The molecule has 0 aliphatic carbocycles. The van der Waals surface area contributed by atoms with Crippen LogP contribution >= 0.6 is 0 Å². The van der Waals surface area contributed by atoms with Gasteiger partial charge in [0.1, 0.15) is 5.75 Å². The van der Waals surface area contributed by atoms with Gasteiger partial charge in [-0.25, -0.2) is 9.97 Å². The Morgan fingerprint density at radius 1 is 1.12 bits per heavy atom. The number of ether oxygens (including phenoxy) is 1. The molecule has 1 unspecified atom stereocenters. The lowest BCUT2D eigenvalue weighted by molar-refractivity contribution is -0.130. The summed E-state index contributed by atoms with van der Waals surface area (Å²) in [6.07, 6.45) is 2.08. The Bertz CT molecular complexity index is 1110. The van der Waals surface area contributed by atoms with Gasteiger partial charge in [0.25, 0.3) is 0 Å². The van der Waals surface area contributed by atoms with E-state index in [0.29, 0.717) is 25.3 Å². The van der Waals surface area contributed by atoms with Crippen molar-refractivity contribution in [3.63, 3.8) is 0 Å². The summed E-state index contributed by atoms with van der Waals surface area (Å²) in [6.45, 7) is 3.54. The molecular weight excluding hydrogens is 412 g/mol. The number of para-hydroxylation sites is 1. The molecule has 2 heterocycles. The summed E-state index contributed by atoms with van der Waals surface area (Å²) in [5.74, 6) is 1.93. The summed E-state index contributed by atoms with van der Waals surface area (Å²) in [4.78, 5) is 26.4. The lowest BCUT2D eigenvalue weighted by Gasteiger charge is -2.19. The SMILES string of the molecule is COc1ccccc1CCC(=O)N1CCC(c2cc(-c3ccc(C)cc3)nc(N(C)C)n2)C1. The van der Waals surface area contributed by atoms with E-state index >= 15 is 0 Å². The van der Waals surface area contributed by atoms with Crippen LogP contribution in [-0.4, -0.2) is 55.1 Å². The number of benzene rings is 2. The van der Waals surface area contributed by atoms with E-state index in [1.165, 1.54) is 5.56 Å². The zero-order chi connectivity index (χ0) is 23.4. The molecule has 1 aromatic heterocycles. The molecule has 1 atom stereocenters. The monoisotopic (exact) mass is 444 g/mol. The average molecular weight is 445 g/mol. The van der Waals surface area contributed by atoms with Gasteiger partial charge in [-0.3, -0.25) is 4.79 Å². The molecule has 2 aromatic carbocycles. The maximum atomic E-state index is 12.9. The largest absolute Gasteiger partial charge is 0.496 e. The molecule has 0 N–H and O–H groups in total. The first kappa shape index (κ1) is 22.8. The predicted molar refractivity (Wildman–Crippen MR) is 132 cm³/mol. The van der Waals surface area contributed by atoms with Crippen molar-refractivity contribution in [1.29, 1.82) is 0 Å². The fourth-order valence-electron chi connectivity index (χ4n) is 4.27. The number of aromatic nitrogens is 2. The summed E-state index contributed by atoms with van der Waals surface area (Å²) in [6, 6.07) is 18.4. The van der Waals surface area contributed by atoms with E-state index < -0.39 is 0 Å². The molecule has 6 nitrogen and oxygen atoms in total. The third-order valence-corrected chi connectivity index (χ3v) is 6.24. The number of rotatable bonds is 7. The van der Waals surface area contributed by atoms with Crippen LogP contribution in [0.25, 0.3) is 11.3 Å². The van der Waals surface area contributed by atoms with Gasteiger partial charge in [-0.15, -0.1) is 0 Å². The highest BCUT2D eigenvalue weighted by molar-refractivity contribution is 5.77. The second-order valence-corrected chi connectivity index (χ2v) is 8.88. The quantitative estimate of drug-likeness (QED) is 0.538. The molecule has 1 saturated heterocycles. The number of carbonyl (C=O) groups is 1. The molecule has 0 saturated carbocycles.